The number of benzene rings is 2. The van der Waals surface area contributed by atoms with Gasteiger partial charge in [0.2, 0.25) is 0 Å². The molecule has 0 aliphatic rings. The number of ether oxygens (including phenoxy) is 1. The van der Waals surface area contributed by atoms with Gasteiger partial charge in [-0.25, -0.2) is 0 Å². The SMILES string of the molecule is COc1ccc(CN(CCC(C)C)Cc2cccn2Cc2ccc(C)cc2)cc1. The van der Waals surface area contributed by atoms with E-state index in [2.05, 4.69) is 97.1 Å². The lowest BCUT2D eigenvalue weighted by molar-refractivity contribution is 0.235. The minimum atomic E-state index is 0.702. The summed E-state index contributed by atoms with van der Waals surface area (Å²) in [4.78, 5) is 2.56. The van der Waals surface area contributed by atoms with Crippen molar-refractivity contribution in [3.05, 3.63) is 89.2 Å². The highest BCUT2D eigenvalue weighted by molar-refractivity contribution is 5.27. The van der Waals surface area contributed by atoms with Crippen LogP contribution in [0.5, 0.6) is 5.75 Å². The quantitative estimate of drug-likeness (QED) is 0.429. The largest absolute Gasteiger partial charge is 0.497 e. The van der Waals surface area contributed by atoms with E-state index in [1.54, 1.807) is 7.11 Å². The number of methoxy groups -OCH3 is 1. The summed E-state index contributed by atoms with van der Waals surface area (Å²) in [5, 5.41) is 0. The van der Waals surface area contributed by atoms with E-state index in [9.17, 15) is 0 Å². The van der Waals surface area contributed by atoms with Gasteiger partial charge in [-0.15, -0.1) is 0 Å². The van der Waals surface area contributed by atoms with E-state index in [1.165, 1.54) is 28.8 Å². The molecule has 0 bridgehead atoms. The van der Waals surface area contributed by atoms with Gasteiger partial charge >= 0.3 is 0 Å². The number of aryl methyl sites for hydroxylation is 1. The first-order valence-electron chi connectivity index (χ1n) is 10.6. The number of hydrogen-bond donors (Lipinski definition) is 0. The number of hydrogen-bond acceptors (Lipinski definition) is 2. The lowest BCUT2D eigenvalue weighted by atomic mass is 10.1. The van der Waals surface area contributed by atoms with E-state index in [4.69, 9.17) is 4.74 Å². The third-order valence-corrected chi connectivity index (χ3v) is 5.37. The van der Waals surface area contributed by atoms with Crippen molar-refractivity contribution < 1.29 is 4.74 Å². The Bertz CT molecular complexity index is 862. The summed E-state index contributed by atoms with van der Waals surface area (Å²) < 4.78 is 7.68. The fourth-order valence-electron chi connectivity index (χ4n) is 3.51. The van der Waals surface area contributed by atoms with Crippen molar-refractivity contribution in [3.8, 4) is 5.75 Å². The highest BCUT2D eigenvalue weighted by Gasteiger charge is 2.11. The average molecular weight is 391 g/mol. The number of nitrogens with zero attached hydrogens (tertiary/aromatic N) is 2. The normalized spacial score (nSPS) is 11.4. The molecule has 3 heteroatoms. The van der Waals surface area contributed by atoms with Crippen molar-refractivity contribution >= 4 is 0 Å². The third-order valence-electron chi connectivity index (χ3n) is 5.37. The van der Waals surface area contributed by atoms with Gasteiger partial charge in [0.05, 0.1) is 7.11 Å². The molecule has 154 valence electrons. The van der Waals surface area contributed by atoms with Crippen molar-refractivity contribution in [1.29, 1.82) is 0 Å². The van der Waals surface area contributed by atoms with E-state index in [0.717, 1.165) is 31.9 Å². The summed E-state index contributed by atoms with van der Waals surface area (Å²) in [7, 11) is 1.71. The standard InChI is InChI=1S/C26H34N2O/c1-21(2)15-17-27(18-23-11-13-26(29-4)14-12-23)20-25-6-5-16-28(25)19-24-9-7-22(3)8-10-24/h5-14,16,21H,15,17-20H2,1-4H3. The first kappa shape index (κ1) is 21.2. The maximum atomic E-state index is 5.30. The molecule has 0 aliphatic heterocycles. The minimum absolute atomic E-state index is 0.702. The second kappa shape index (κ2) is 10.3. The predicted octanol–water partition coefficient (Wildman–Crippen LogP) is 5.90. The van der Waals surface area contributed by atoms with Crippen LogP contribution in [0.4, 0.5) is 0 Å². The second-order valence-electron chi connectivity index (χ2n) is 8.35. The highest BCUT2D eigenvalue weighted by atomic mass is 16.5. The molecule has 3 rings (SSSR count). The maximum Gasteiger partial charge on any atom is 0.118 e. The molecular weight excluding hydrogens is 356 g/mol. The first-order valence-corrected chi connectivity index (χ1v) is 10.6. The van der Waals surface area contributed by atoms with Crippen LogP contribution in [0, 0.1) is 12.8 Å². The van der Waals surface area contributed by atoms with Crippen LogP contribution in [-0.2, 0) is 19.6 Å². The van der Waals surface area contributed by atoms with E-state index < -0.39 is 0 Å². The molecule has 0 unspecified atom stereocenters. The Morgan fingerprint density at radius 2 is 1.59 bits per heavy atom. The zero-order chi connectivity index (χ0) is 20.6. The Balaban J connectivity index is 1.71. The highest BCUT2D eigenvalue weighted by Crippen LogP contribution is 2.17. The molecule has 1 heterocycles. The van der Waals surface area contributed by atoms with Crippen LogP contribution in [0.15, 0.2) is 66.9 Å². The van der Waals surface area contributed by atoms with E-state index in [0.29, 0.717) is 5.92 Å². The van der Waals surface area contributed by atoms with Gasteiger partial charge in [0.25, 0.3) is 0 Å². The molecule has 0 saturated heterocycles. The van der Waals surface area contributed by atoms with Gasteiger partial charge in [-0.05, 0) is 61.2 Å². The van der Waals surface area contributed by atoms with Gasteiger partial charge in [-0.2, -0.15) is 0 Å². The predicted molar refractivity (Wildman–Crippen MR) is 121 cm³/mol. The van der Waals surface area contributed by atoms with Crippen LogP contribution >= 0.6 is 0 Å². The number of rotatable bonds is 10. The van der Waals surface area contributed by atoms with Gasteiger partial charge in [-0.1, -0.05) is 55.8 Å². The lowest BCUT2D eigenvalue weighted by Gasteiger charge is -2.24. The summed E-state index contributed by atoms with van der Waals surface area (Å²) in [6.45, 7) is 10.7. The molecule has 3 nitrogen and oxygen atoms in total. The topological polar surface area (TPSA) is 17.4 Å². The molecule has 0 radical (unpaired) electrons. The van der Waals surface area contributed by atoms with Crippen LogP contribution in [0.25, 0.3) is 0 Å². The molecule has 1 aromatic heterocycles. The molecular formula is C26H34N2O. The molecule has 0 N–H and O–H groups in total. The van der Waals surface area contributed by atoms with E-state index >= 15 is 0 Å². The molecule has 29 heavy (non-hydrogen) atoms. The molecule has 0 amide bonds. The lowest BCUT2D eigenvalue weighted by Crippen LogP contribution is -2.26. The van der Waals surface area contributed by atoms with Gasteiger partial charge in [0.15, 0.2) is 0 Å². The average Bonchev–Trinajstić information content (AvgIpc) is 3.15. The van der Waals surface area contributed by atoms with Crippen molar-refractivity contribution in [2.45, 2.75) is 46.8 Å². The van der Waals surface area contributed by atoms with E-state index in [-0.39, 0.29) is 0 Å². The van der Waals surface area contributed by atoms with Gasteiger partial charge in [-0.3, -0.25) is 4.90 Å². The van der Waals surface area contributed by atoms with Crippen LogP contribution < -0.4 is 4.74 Å². The molecule has 0 spiro atoms. The summed E-state index contributed by atoms with van der Waals surface area (Å²) in [5.74, 6) is 1.61. The number of aromatic nitrogens is 1. The third kappa shape index (κ3) is 6.50. The van der Waals surface area contributed by atoms with Crippen LogP contribution in [0.1, 0.15) is 42.7 Å². The monoisotopic (exact) mass is 390 g/mol. The Hall–Kier alpha value is -2.52. The van der Waals surface area contributed by atoms with Crippen molar-refractivity contribution in [1.82, 2.24) is 9.47 Å². The summed E-state index contributed by atoms with van der Waals surface area (Å²) >= 11 is 0. The summed E-state index contributed by atoms with van der Waals surface area (Å²) in [6, 6.07) is 21.7. The van der Waals surface area contributed by atoms with E-state index in [1.807, 2.05) is 0 Å². The van der Waals surface area contributed by atoms with Crippen LogP contribution in [-0.4, -0.2) is 23.1 Å². The van der Waals surface area contributed by atoms with Crippen LogP contribution in [0.2, 0.25) is 0 Å². The Labute approximate surface area is 175 Å². The maximum absolute atomic E-state index is 5.30. The molecule has 0 atom stereocenters. The fraction of sp³-hybridized carbons (Fsp3) is 0.385. The van der Waals surface area contributed by atoms with Crippen LogP contribution in [0.3, 0.4) is 0 Å². The first-order chi connectivity index (χ1) is 14.0. The minimum Gasteiger partial charge on any atom is -0.497 e. The molecule has 0 aliphatic carbocycles. The zero-order valence-electron chi connectivity index (χ0n) is 18.3. The van der Waals surface area contributed by atoms with Crippen molar-refractivity contribution in [3.63, 3.8) is 0 Å². The van der Waals surface area contributed by atoms with Gasteiger partial charge in [0, 0.05) is 31.5 Å². The fourth-order valence-corrected chi connectivity index (χ4v) is 3.51. The van der Waals surface area contributed by atoms with Crippen molar-refractivity contribution in [2.24, 2.45) is 5.92 Å². The molecule has 3 aromatic rings. The smallest absolute Gasteiger partial charge is 0.118 e. The van der Waals surface area contributed by atoms with Gasteiger partial charge in [0.1, 0.15) is 5.75 Å². The Morgan fingerprint density at radius 1 is 0.897 bits per heavy atom. The molecule has 0 saturated carbocycles. The van der Waals surface area contributed by atoms with Crippen molar-refractivity contribution in [2.75, 3.05) is 13.7 Å². The second-order valence-corrected chi connectivity index (χ2v) is 8.35. The summed E-state index contributed by atoms with van der Waals surface area (Å²) in [6.07, 6.45) is 3.40. The Morgan fingerprint density at radius 3 is 2.24 bits per heavy atom. The van der Waals surface area contributed by atoms with Gasteiger partial charge < -0.3 is 9.30 Å². The summed E-state index contributed by atoms with van der Waals surface area (Å²) in [5.41, 5.74) is 5.34. The Kier molecular flexibility index (Phi) is 7.54. The molecule has 0 fully saturated rings. The zero-order valence-corrected chi connectivity index (χ0v) is 18.3. The molecule has 2 aromatic carbocycles.